The summed E-state index contributed by atoms with van der Waals surface area (Å²) < 4.78 is 1.46. The van der Waals surface area contributed by atoms with Gasteiger partial charge in [-0.25, -0.2) is 4.68 Å². The Labute approximate surface area is 131 Å². The third-order valence-corrected chi connectivity index (χ3v) is 4.71. The molecule has 0 atom stereocenters. The average molecular weight is 313 g/mol. The molecule has 0 spiro atoms. The van der Waals surface area contributed by atoms with E-state index in [1.54, 1.807) is 6.20 Å². The molecule has 1 aliphatic rings. The lowest BCUT2D eigenvalue weighted by atomic mass is 9.91. The first-order chi connectivity index (χ1) is 10.0. The zero-order chi connectivity index (χ0) is 15.4. The number of nitrogens with two attached hydrogens (primary N) is 1. The van der Waals surface area contributed by atoms with Crippen molar-refractivity contribution in [2.45, 2.75) is 64.1 Å². The summed E-state index contributed by atoms with van der Waals surface area (Å²) in [6.07, 6.45) is 7.78. The van der Waals surface area contributed by atoms with Gasteiger partial charge in [-0.05, 0) is 32.1 Å². The maximum Gasteiger partial charge on any atom is 0.287 e. The highest BCUT2D eigenvalue weighted by Gasteiger charge is 2.24. The lowest BCUT2D eigenvalue weighted by Crippen LogP contribution is -2.39. The van der Waals surface area contributed by atoms with Gasteiger partial charge < -0.3 is 10.6 Å². The van der Waals surface area contributed by atoms with E-state index in [4.69, 9.17) is 17.3 Å². The van der Waals surface area contributed by atoms with Crippen molar-refractivity contribution < 1.29 is 0 Å². The van der Waals surface area contributed by atoms with Gasteiger partial charge in [-0.2, -0.15) is 5.10 Å². The molecule has 1 aromatic rings. The molecule has 21 heavy (non-hydrogen) atoms. The van der Waals surface area contributed by atoms with Crippen LogP contribution in [0.25, 0.3) is 0 Å². The normalized spacial score (nSPS) is 22.3. The number of hydrogen-bond acceptors (Lipinski definition) is 4. The summed E-state index contributed by atoms with van der Waals surface area (Å²) >= 11 is 6.28. The molecule has 2 N–H and O–H groups in total. The molecular formula is C15H25ClN4O. The number of anilines is 1. The van der Waals surface area contributed by atoms with E-state index >= 15 is 0 Å². The summed E-state index contributed by atoms with van der Waals surface area (Å²) in [4.78, 5) is 14.3. The van der Waals surface area contributed by atoms with Crippen molar-refractivity contribution in [3.05, 3.63) is 21.6 Å². The molecule has 0 aromatic carbocycles. The number of rotatable bonds is 5. The fourth-order valence-electron chi connectivity index (χ4n) is 2.86. The van der Waals surface area contributed by atoms with Gasteiger partial charge in [0.2, 0.25) is 0 Å². The number of nitrogens with zero attached hydrogens (tertiary/aromatic N) is 3. The molecule has 0 saturated heterocycles. The molecule has 1 heterocycles. The van der Waals surface area contributed by atoms with Crippen LogP contribution in [0.2, 0.25) is 5.02 Å². The van der Waals surface area contributed by atoms with Gasteiger partial charge >= 0.3 is 0 Å². The highest BCUT2D eigenvalue weighted by molar-refractivity contribution is 6.33. The maximum atomic E-state index is 12.3. The highest BCUT2D eigenvalue weighted by Crippen LogP contribution is 2.28. The summed E-state index contributed by atoms with van der Waals surface area (Å²) in [7, 11) is 1.99. The molecule has 1 aliphatic carbocycles. The quantitative estimate of drug-likeness (QED) is 0.907. The predicted octanol–water partition coefficient (Wildman–Crippen LogP) is 2.40. The van der Waals surface area contributed by atoms with Crippen molar-refractivity contribution in [3.8, 4) is 0 Å². The molecule has 0 bridgehead atoms. The van der Waals surface area contributed by atoms with E-state index in [0.29, 0.717) is 18.6 Å². The van der Waals surface area contributed by atoms with Crippen LogP contribution in [-0.2, 0) is 6.54 Å². The first-order valence-corrected chi connectivity index (χ1v) is 8.16. The van der Waals surface area contributed by atoms with E-state index in [1.165, 1.54) is 4.68 Å². The number of unbranched alkanes of at least 4 members (excludes halogenated alkanes) is 1. The fraction of sp³-hybridized carbons (Fsp3) is 0.733. The van der Waals surface area contributed by atoms with Crippen LogP contribution in [0, 0.1) is 0 Å². The van der Waals surface area contributed by atoms with Crippen molar-refractivity contribution in [3.63, 3.8) is 0 Å². The Morgan fingerprint density at radius 1 is 1.43 bits per heavy atom. The van der Waals surface area contributed by atoms with Crippen LogP contribution in [0.15, 0.2) is 11.0 Å². The second-order valence-corrected chi connectivity index (χ2v) is 6.28. The van der Waals surface area contributed by atoms with Gasteiger partial charge in [0.25, 0.3) is 5.56 Å². The minimum atomic E-state index is -0.193. The van der Waals surface area contributed by atoms with Crippen LogP contribution in [0.5, 0.6) is 0 Å². The molecule has 0 radical (unpaired) electrons. The van der Waals surface area contributed by atoms with Gasteiger partial charge in [-0.15, -0.1) is 0 Å². The number of halogens is 1. The average Bonchev–Trinajstić information content (AvgIpc) is 2.49. The molecule has 2 rings (SSSR count). The molecule has 118 valence electrons. The highest BCUT2D eigenvalue weighted by atomic mass is 35.5. The molecule has 0 aliphatic heterocycles. The van der Waals surface area contributed by atoms with Crippen LogP contribution >= 0.6 is 11.6 Å². The van der Waals surface area contributed by atoms with E-state index in [-0.39, 0.29) is 10.6 Å². The number of hydrogen-bond donors (Lipinski definition) is 1. The van der Waals surface area contributed by atoms with Crippen LogP contribution in [0.1, 0.15) is 45.4 Å². The van der Waals surface area contributed by atoms with Gasteiger partial charge in [-0.3, -0.25) is 4.79 Å². The largest absolute Gasteiger partial charge is 0.369 e. The van der Waals surface area contributed by atoms with Gasteiger partial charge in [0, 0.05) is 25.7 Å². The van der Waals surface area contributed by atoms with Crippen molar-refractivity contribution in [1.82, 2.24) is 9.78 Å². The van der Waals surface area contributed by atoms with Gasteiger partial charge in [-0.1, -0.05) is 24.9 Å². The van der Waals surface area contributed by atoms with Gasteiger partial charge in [0.1, 0.15) is 5.02 Å². The minimum Gasteiger partial charge on any atom is -0.369 e. The predicted molar refractivity (Wildman–Crippen MR) is 87.0 cm³/mol. The van der Waals surface area contributed by atoms with E-state index in [9.17, 15) is 4.79 Å². The van der Waals surface area contributed by atoms with Crippen LogP contribution in [-0.4, -0.2) is 28.9 Å². The zero-order valence-corrected chi connectivity index (χ0v) is 13.6. The molecule has 0 amide bonds. The summed E-state index contributed by atoms with van der Waals surface area (Å²) in [6.45, 7) is 2.71. The van der Waals surface area contributed by atoms with E-state index in [1.807, 2.05) is 7.05 Å². The third-order valence-electron chi connectivity index (χ3n) is 4.36. The smallest absolute Gasteiger partial charge is 0.287 e. The Bertz CT molecular complexity index is 523. The summed E-state index contributed by atoms with van der Waals surface area (Å²) in [5.41, 5.74) is 6.48. The van der Waals surface area contributed by atoms with Gasteiger partial charge in [0.05, 0.1) is 11.9 Å². The SMILES string of the molecule is CCCCn1ncc(N(C)C2CCC(N)CC2)c(Cl)c1=O. The minimum absolute atomic E-state index is 0.193. The lowest BCUT2D eigenvalue weighted by Gasteiger charge is -2.35. The van der Waals surface area contributed by atoms with Crippen LogP contribution in [0.3, 0.4) is 0 Å². The van der Waals surface area contributed by atoms with Crippen molar-refractivity contribution in [2.24, 2.45) is 5.73 Å². The Morgan fingerprint density at radius 3 is 2.71 bits per heavy atom. The molecule has 5 nitrogen and oxygen atoms in total. The monoisotopic (exact) mass is 312 g/mol. The summed E-state index contributed by atoms with van der Waals surface area (Å²) in [5.74, 6) is 0. The molecule has 1 fully saturated rings. The van der Waals surface area contributed by atoms with Crippen molar-refractivity contribution >= 4 is 17.3 Å². The van der Waals surface area contributed by atoms with Crippen LogP contribution in [0.4, 0.5) is 5.69 Å². The maximum absolute atomic E-state index is 12.3. The third kappa shape index (κ3) is 3.77. The molecule has 1 aromatic heterocycles. The molecular weight excluding hydrogens is 288 g/mol. The Balaban J connectivity index is 2.16. The second kappa shape index (κ2) is 7.27. The molecule has 1 saturated carbocycles. The number of aromatic nitrogens is 2. The first kappa shape index (κ1) is 16.3. The summed E-state index contributed by atoms with van der Waals surface area (Å²) in [5, 5.41) is 4.54. The Hall–Kier alpha value is -1.07. The van der Waals surface area contributed by atoms with Crippen molar-refractivity contribution in [2.75, 3.05) is 11.9 Å². The van der Waals surface area contributed by atoms with Gasteiger partial charge in [0.15, 0.2) is 0 Å². The summed E-state index contributed by atoms with van der Waals surface area (Å²) in [6, 6.07) is 0.695. The Morgan fingerprint density at radius 2 is 2.10 bits per heavy atom. The Kier molecular flexibility index (Phi) is 5.65. The van der Waals surface area contributed by atoms with E-state index < -0.39 is 0 Å². The second-order valence-electron chi connectivity index (χ2n) is 5.91. The first-order valence-electron chi connectivity index (χ1n) is 7.78. The topological polar surface area (TPSA) is 64.2 Å². The van der Waals surface area contributed by atoms with E-state index in [2.05, 4.69) is 16.9 Å². The zero-order valence-electron chi connectivity index (χ0n) is 12.9. The molecule has 0 unspecified atom stereocenters. The number of aryl methyl sites for hydroxylation is 1. The van der Waals surface area contributed by atoms with Crippen LogP contribution < -0.4 is 16.2 Å². The lowest BCUT2D eigenvalue weighted by molar-refractivity contribution is 0.384. The fourth-order valence-corrected chi connectivity index (χ4v) is 3.13. The molecule has 6 heteroatoms. The standard InChI is InChI=1S/C15H25ClN4O/c1-3-4-9-20-15(21)14(16)13(10-18-20)19(2)12-7-5-11(17)6-8-12/h10-12H,3-9,17H2,1-2H3. The van der Waals surface area contributed by atoms with E-state index in [0.717, 1.165) is 44.2 Å². The van der Waals surface area contributed by atoms with Crippen molar-refractivity contribution in [1.29, 1.82) is 0 Å².